The van der Waals surface area contributed by atoms with Crippen LogP contribution in [0.3, 0.4) is 0 Å². The van der Waals surface area contributed by atoms with Gasteiger partial charge >= 0.3 is 5.97 Å². The SMILES string of the molecule is COC(=O)CS(=O)(=O)c1ccc(C#N)cc1. The lowest BCUT2D eigenvalue weighted by Gasteiger charge is -2.02. The number of hydrogen-bond donors (Lipinski definition) is 0. The number of ether oxygens (including phenoxy) is 1. The van der Waals surface area contributed by atoms with E-state index in [2.05, 4.69) is 4.74 Å². The molecule has 0 amide bonds. The van der Waals surface area contributed by atoms with Crippen LogP contribution in [0, 0.1) is 11.3 Å². The number of hydrogen-bond acceptors (Lipinski definition) is 5. The Kier molecular flexibility index (Phi) is 3.64. The predicted octanol–water partition coefficient (Wildman–Crippen LogP) is 0.505. The van der Waals surface area contributed by atoms with Gasteiger partial charge in [0.05, 0.1) is 23.6 Å². The van der Waals surface area contributed by atoms with Crippen molar-refractivity contribution < 1.29 is 17.9 Å². The van der Waals surface area contributed by atoms with Crippen molar-refractivity contribution in [3.05, 3.63) is 29.8 Å². The van der Waals surface area contributed by atoms with Crippen LogP contribution in [-0.2, 0) is 19.4 Å². The van der Waals surface area contributed by atoms with E-state index in [0.717, 1.165) is 7.11 Å². The normalized spacial score (nSPS) is 10.5. The molecule has 0 saturated heterocycles. The largest absolute Gasteiger partial charge is 0.468 e. The summed E-state index contributed by atoms with van der Waals surface area (Å²) < 4.78 is 27.5. The van der Waals surface area contributed by atoms with Crippen LogP contribution in [0.1, 0.15) is 5.56 Å². The summed E-state index contributed by atoms with van der Waals surface area (Å²) in [6, 6.07) is 7.21. The lowest BCUT2D eigenvalue weighted by molar-refractivity contribution is -0.137. The number of carbonyl (C=O) groups is 1. The molecule has 0 heterocycles. The molecule has 0 atom stereocenters. The number of carbonyl (C=O) groups excluding carboxylic acids is 1. The van der Waals surface area contributed by atoms with Gasteiger partial charge in [-0.25, -0.2) is 8.42 Å². The maximum absolute atomic E-state index is 11.6. The lowest BCUT2D eigenvalue weighted by Crippen LogP contribution is -2.17. The zero-order valence-electron chi connectivity index (χ0n) is 8.50. The van der Waals surface area contributed by atoms with E-state index >= 15 is 0 Å². The Labute approximate surface area is 93.2 Å². The van der Waals surface area contributed by atoms with E-state index in [9.17, 15) is 13.2 Å². The summed E-state index contributed by atoms with van der Waals surface area (Å²) in [6.45, 7) is 0. The smallest absolute Gasteiger partial charge is 0.321 e. The Morgan fingerprint density at radius 3 is 2.38 bits per heavy atom. The second-order valence-electron chi connectivity index (χ2n) is 2.97. The molecule has 84 valence electrons. The summed E-state index contributed by atoms with van der Waals surface area (Å²) >= 11 is 0. The van der Waals surface area contributed by atoms with Gasteiger partial charge in [-0.05, 0) is 24.3 Å². The van der Waals surface area contributed by atoms with Crippen molar-refractivity contribution in [3.63, 3.8) is 0 Å². The fraction of sp³-hybridized carbons (Fsp3) is 0.200. The van der Waals surface area contributed by atoms with Crippen molar-refractivity contribution in [1.82, 2.24) is 0 Å². The number of methoxy groups -OCH3 is 1. The Bertz CT molecular complexity index is 525. The van der Waals surface area contributed by atoms with Gasteiger partial charge < -0.3 is 4.74 Å². The van der Waals surface area contributed by atoms with E-state index in [4.69, 9.17) is 5.26 Å². The number of esters is 1. The van der Waals surface area contributed by atoms with Gasteiger partial charge in [0.1, 0.15) is 0 Å². The molecule has 6 heteroatoms. The fourth-order valence-electron chi connectivity index (χ4n) is 1.03. The van der Waals surface area contributed by atoms with Gasteiger partial charge in [-0.15, -0.1) is 0 Å². The third-order valence-electron chi connectivity index (χ3n) is 1.88. The minimum atomic E-state index is -3.68. The summed E-state index contributed by atoms with van der Waals surface area (Å²) in [5.74, 6) is -1.51. The molecule has 0 aromatic heterocycles. The van der Waals surface area contributed by atoms with Crippen LogP contribution in [0.2, 0.25) is 0 Å². The van der Waals surface area contributed by atoms with Crippen molar-refractivity contribution in [1.29, 1.82) is 5.26 Å². The van der Waals surface area contributed by atoms with Gasteiger partial charge in [0.25, 0.3) is 0 Å². The molecule has 0 spiro atoms. The number of nitrogens with zero attached hydrogens (tertiary/aromatic N) is 1. The zero-order chi connectivity index (χ0) is 12.2. The van der Waals surface area contributed by atoms with Gasteiger partial charge in [-0.1, -0.05) is 0 Å². The molecule has 5 nitrogen and oxygen atoms in total. The van der Waals surface area contributed by atoms with Crippen LogP contribution < -0.4 is 0 Å². The molecule has 0 radical (unpaired) electrons. The summed E-state index contributed by atoms with van der Waals surface area (Å²) in [5.41, 5.74) is 0.358. The lowest BCUT2D eigenvalue weighted by atomic mass is 10.2. The molecule has 0 aliphatic carbocycles. The van der Waals surface area contributed by atoms with Crippen molar-refractivity contribution >= 4 is 15.8 Å². The molecule has 0 aliphatic rings. The summed E-state index contributed by atoms with van der Waals surface area (Å²) in [4.78, 5) is 10.9. The maximum atomic E-state index is 11.6. The Balaban J connectivity index is 3.00. The molecule has 1 aromatic carbocycles. The maximum Gasteiger partial charge on any atom is 0.321 e. The molecular weight excluding hydrogens is 230 g/mol. The minimum Gasteiger partial charge on any atom is -0.468 e. The van der Waals surface area contributed by atoms with E-state index in [0.29, 0.717) is 5.56 Å². The van der Waals surface area contributed by atoms with Crippen molar-refractivity contribution in [3.8, 4) is 6.07 Å². The average molecular weight is 239 g/mol. The topological polar surface area (TPSA) is 84.2 Å². The molecular formula is C10H9NO4S. The van der Waals surface area contributed by atoms with Gasteiger partial charge in [0, 0.05) is 0 Å². The number of benzene rings is 1. The minimum absolute atomic E-state index is 0.00287. The average Bonchev–Trinajstić information content (AvgIpc) is 2.28. The first-order valence-corrected chi connectivity index (χ1v) is 5.94. The predicted molar refractivity (Wildman–Crippen MR) is 55.2 cm³/mol. The molecule has 0 bridgehead atoms. The molecule has 1 rings (SSSR count). The van der Waals surface area contributed by atoms with Gasteiger partial charge in [-0.2, -0.15) is 5.26 Å². The summed E-state index contributed by atoms with van der Waals surface area (Å²) in [5, 5.41) is 8.54. The molecule has 0 aliphatic heterocycles. The Hall–Kier alpha value is -1.87. The van der Waals surface area contributed by atoms with Gasteiger partial charge in [0.15, 0.2) is 15.6 Å². The first-order chi connectivity index (χ1) is 7.49. The molecule has 0 saturated carbocycles. The molecule has 0 unspecified atom stereocenters. The summed E-state index contributed by atoms with van der Waals surface area (Å²) in [6.07, 6.45) is 0. The van der Waals surface area contributed by atoms with E-state index in [1.165, 1.54) is 24.3 Å². The van der Waals surface area contributed by atoms with E-state index in [-0.39, 0.29) is 4.90 Å². The van der Waals surface area contributed by atoms with Crippen LogP contribution >= 0.6 is 0 Å². The van der Waals surface area contributed by atoms with E-state index in [1.54, 1.807) is 0 Å². The molecule has 0 N–H and O–H groups in total. The summed E-state index contributed by atoms with van der Waals surface area (Å²) in [7, 11) is -2.56. The number of nitriles is 1. The van der Waals surface area contributed by atoms with Gasteiger partial charge in [0.2, 0.25) is 0 Å². The number of sulfone groups is 1. The van der Waals surface area contributed by atoms with Gasteiger partial charge in [-0.3, -0.25) is 4.79 Å². The van der Waals surface area contributed by atoms with Crippen LogP contribution in [0.25, 0.3) is 0 Å². The number of rotatable bonds is 3. The Morgan fingerprint density at radius 1 is 1.38 bits per heavy atom. The molecule has 0 fully saturated rings. The second kappa shape index (κ2) is 4.77. The second-order valence-corrected chi connectivity index (χ2v) is 4.96. The van der Waals surface area contributed by atoms with Crippen molar-refractivity contribution in [2.24, 2.45) is 0 Å². The fourth-order valence-corrected chi connectivity index (χ4v) is 2.18. The first-order valence-electron chi connectivity index (χ1n) is 4.29. The third kappa shape index (κ3) is 2.81. The van der Waals surface area contributed by atoms with Crippen LogP contribution in [0.15, 0.2) is 29.2 Å². The zero-order valence-corrected chi connectivity index (χ0v) is 9.32. The monoisotopic (exact) mass is 239 g/mol. The molecule has 16 heavy (non-hydrogen) atoms. The van der Waals surface area contributed by atoms with E-state index in [1.807, 2.05) is 6.07 Å². The van der Waals surface area contributed by atoms with Crippen LogP contribution in [0.5, 0.6) is 0 Å². The highest BCUT2D eigenvalue weighted by atomic mass is 32.2. The van der Waals surface area contributed by atoms with E-state index < -0.39 is 21.6 Å². The van der Waals surface area contributed by atoms with Crippen LogP contribution in [-0.4, -0.2) is 27.2 Å². The highest BCUT2D eigenvalue weighted by Gasteiger charge is 2.19. The highest BCUT2D eigenvalue weighted by Crippen LogP contribution is 2.12. The molecule has 1 aromatic rings. The Morgan fingerprint density at radius 2 is 1.94 bits per heavy atom. The highest BCUT2D eigenvalue weighted by molar-refractivity contribution is 7.92. The van der Waals surface area contributed by atoms with Crippen molar-refractivity contribution in [2.75, 3.05) is 12.9 Å². The third-order valence-corrected chi connectivity index (χ3v) is 3.48. The quantitative estimate of drug-likeness (QED) is 0.717. The van der Waals surface area contributed by atoms with Crippen molar-refractivity contribution in [2.45, 2.75) is 4.90 Å². The van der Waals surface area contributed by atoms with Crippen LogP contribution in [0.4, 0.5) is 0 Å². The first kappa shape index (κ1) is 12.2. The standard InChI is InChI=1S/C10H9NO4S/c1-15-10(12)7-16(13,14)9-4-2-8(6-11)3-5-9/h2-5H,7H2,1H3.